The molecule has 0 fully saturated rings. The van der Waals surface area contributed by atoms with Gasteiger partial charge in [-0.1, -0.05) is 61.2 Å². The van der Waals surface area contributed by atoms with Gasteiger partial charge in [0.25, 0.3) is 0 Å². The molecule has 2 atom stereocenters. The van der Waals surface area contributed by atoms with E-state index in [9.17, 15) is 5.11 Å². The Morgan fingerprint density at radius 3 is 2.12 bits per heavy atom. The van der Waals surface area contributed by atoms with E-state index >= 15 is 0 Å². The van der Waals surface area contributed by atoms with Crippen LogP contribution in [0.5, 0.6) is 17.2 Å². The first-order chi connectivity index (χ1) is 12.7. The first-order valence-corrected chi connectivity index (χ1v) is 8.55. The third-order valence-electron chi connectivity index (χ3n) is 4.11. The van der Waals surface area contributed by atoms with Crippen molar-refractivity contribution in [2.45, 2.75) is 19.1 Å². The number of benzene rings is 3. The van der Waals surface area contributed by atoms with Gasteiger partial charge in [-0.3, -0.25) is 5.11 Å². The van der Waals surface area contributed by atoms with E-state index in [0.717, 1.165) is 11.3 Å². The second-order valence-electron chi connectivity index (χ2n) is 5.92. The number of hydrogen-bond donors (Lipinski definition) is 0. The van der Waals surface area contributed by atoms with Crippen LogP contribution in [0.15, 0.2) is 91.5 Å². The molecule has 3 nitrogen and oxygen atoms in total. The summed E-state index contributed by atoms with van der Waals surface area (Å²) in [6.45, 7) is 5.79. The van der Waals surface area contributed by atoms with E-state index in [2.05, 4.69) is 6.58 Å². The molecule has 0 aliphatic carbocycles. The van der Waals surface area contributed by atoms with Gasteiger partial charge in [-0.05, 0) is 37.3 Å². The molecule has 2 unspecified atom stereocenters. The molecule has 0 aromatic heterocycles. The molecular formula is C23H21O3. The third-order valence-corrected chi connectivity index (χ3v) is 4.11. The molecule has 131 valence electrons. The van der Waals surface area contributed by atoms with Crippen LogP contribution in [0.3, 0.4) is 0 Å². The summed E-state index contributed by atoms with van der Waals surface area (Å²) in [4.78, 5) is 0. The van der Waals surface area contributed by atoms with Crippen LogP contribution in [0.2, 0.25) is 0 Å². The highest BCUT2D eigenvalue weighted by atomic mass is 16.5. The number of ether oxygens (including phenoxy) is 2. The normalized spacial score (nSPS) is 12.8. The van der Waals surface area contributed by atoms with Gasteiger partial charge in [0.05, 0.1) is 0 Å². The van der Waals surface area contributed by atoms with Gasteiger partial charge in [0, 0.05) is 11.1 Å². The fourth-order valence-corrected chi connectivity index (χ4v) is 2.78. The summed E-state index contributed by atoms with van der Waals surface area (Å²) in [5.74, 6) is 1.40. The molecule has 0 spiro atoms. The summed E-state index contributed by atoms with van der Waals surface area (Å²) >= 11 is 0. The van der Waals surface area contributed by atoms with E-state index in [1.807, 2.05) is 67.6 Å². The predicted octanol–water partition coefficient (Wildman–Crippen LogP) is 6.28. The minimum atomic E-state index is -0.520. The van der Waals surface area contributed by atoms with Crippen molar-refractivity contribution in [3.05, 3.63) is 103 Å². The molecule has 0 saturated carbocycles. The highest BCUT2D eigenvalue weighted by Gasteiger charge is 2.19. The summed E-state index contributed by atoms with van der Waals surface area (Å²) in [7, 11) is 0. The Bertz CT molecular complexity index is 858. The molecule has 3 heteroatoms. The average Bonchev–Trinajstić information content (AvgIpc) is 2.68. The summed E-state index contributed by atoms with van der Waals surface area (Å²) in [6.07, 6.45) is 0.909. The van der Waals surface area contributed by atoms with Gasteiger partial charge in [0.1, 0.15) is 23.7 Å². The van der Waals surface area contributed by atoms with Crippen LogP contribution < -0.4 is 9.47 Å². The first-order valence-electron chi connectivity index (χ1n) is 8.55. The molecule has 3 aromatic carbocycles. The van der Waals surface area contributed by atoms with Crippen molar-refractivity contribution in [3.63, 3.8) is 0 Å². The van der Waals surface area contributed by atoms with Crippen molar-refractivity contribution in [2.24, 2.45) is 0 Å². The number of rotatable bonds is 7. The summed E-state index contributed by atoms with van der Waals surface area (Å²) < 4.78 is 12.1. The molecule has 3 rings (SSSR count). The fraction of sp³-hybridized carbons (Fsp3) is 0.130. The Morgan fingerprint density at radius 2 is 1.42 bits per heavy atom. The molecule has 0 N–H and O–H groups in total. The number of para-hydroxylation sites is 3. The minimum Gasteiger partial charge on any atom is -0.486 e. The molecule has 0 amide bonds. The smallest absolute Gasteiger partial charge is 0.185 e. The largest absolute Gasteiger partial charge is 0.486 e. The van der Waals surface area contributed by atoms with Gasteiger partial charge in [0.2, 0.25) is 0 Å². The molecule has 0 aliphatic rings. The van der Waals surface area contributed by atoms with Crippen molar-refractivity contribution in [2.75, 3.05) is 0 Å². The second-order valence-corrected chi connectivity index (χ2v) is 5.92. The van der Waals surface area contributed by atoms with Crippen LogP contribution in [-0.2, 0) is 5.11 Å². The molecule has 3 aromatic rings. The summed E-state index contributed by atoms with van der Waals surface area (Å²) in [5.41, 5.74) is 1.47. The van der Waals surface area contributed by atoms with Crippen LogP contribution in [0.4, 0.5) is 0 Å². The maximum Gasteiger partial charge on any atom is 0.185 e. The maximum atomic E-state index is 12.1. The Morgan fingerprint density at radius 1 is 0.808 bits per heavy atom. The highest BCUT2D eigenvalue weighted by Crippen LogP contribution is 2.34. The van der Waals surface area contributed by atoms with Crippen LogP contribution >= 0.6 is 0 Å². The molecule has 0 aliphatic heterocycles. The van der Waals surface area contributed by atoms with Crippen molar-refractivity contribution >= 4 is 0 Å². The molecule has 0 saturated heterocycles. The molecule has 0 heterocycles. The van der Waals surface area contributed by atoms with E-state index in [0.29, 0.717) is 11.3 Å². The van der Waals surface area contributed by atoms with Gasteiger partial charge in [-0.2, -0.15) is 0 Å². The Balaban J connectivity index is 1.84. The topological polar surface area (TPSA) is 38.4 Å². The lowest BCUT2D eigenvalue weighted by molar-refractivity contribution is 0.203. The van der Waals surface area contributed by atoms with Crippen LogP contribution in [-0.4, -0.2) is 0 Å². The van der Waals surface area contributed by atoms with E-state index < -0.39 is 6.10 Å². The van der Waals surface area contributed by atoms with Gasteiger partial charge in [-0.15, -0.1) is 0 Å². The van der Waals surface area contributed by atoms with Crippen molar-refractivity contribution in [3.8, 4) is 17.2 Å². The fourth-order valence-electron chi connectivity index (χ4n) is 2.78. The number of hydrogen-bond acceptors (Lipinski definition) is 2. The lowest BCUT2D eigenvalue weighted by Gasteiger charge is -2.22. The SMILES string of the molecule is C=CC(Oc1ccccc1C(C)Oc1ccccc1)c1ccccc1[O]. The quantitative estimate of drug-likeness (QED) is 0.473. The first kappa shape index (κ1) is 17.6. The predicted molar refractivity (Wildman–Crippen MR) is 102 cm³/mol. The average molecular weight is 345 g/mol. The molecular weight excluding hydrogens is 324 g/mol. The van der Waals surface area contributed by atoms with Gasteiger partial charge in [-0.25, -0.2) is 0 Å². The Kier molecular flexibility index (Phi) is 5.59. The van der Waals surface area contributed by atoms with Crippen molar-refractivity contribution in [1.29, 1.82) is 0 Å². The molecule has 26 heavy (non-hydrogen) atoms. The maximum absolute atomic E-state index is 12.1. The third kappa shape index (κ3) is 4.06. The van der Waals surface area contributed by atoms with Crippen LogP contribution in [0.1, 0.15) is 30.3 Å². The lowest BCUT2D eigenvalue weighted by atomic mass is 10.1. The zero-order valence-corrected chi connectivity index (χ0v) is 14.7. The zero-order valence-electron chi connectivity index (χ0n) is 14.7. The lowest BCUT2D eigenvalue weighted by Crippen LogP contribution is -2.09. The Labute approximate surface area is 154 Å². The highest BCUT2D eigenvalue weighted by molar-refractivity contribution is 5.40. The standard InChI is InChI=1S/C23H21O3/c1-3-22(20-14-7-9-15-21(20)24)26-23-16-10-8-13-19(23)17(2)25-18-11-5-4-6-12-18/h3-17,22H,1H2,2H3. The van der Waals surface area contributed by atoms with Gasteiger partial charge < -0.3 is 9.47 Å². The zero-order chi connectivity index (χ0) is 18.4. The molecule has 1 radical (unpaired) electrons. The van der Waals surface area contributed by atoms with Crippen molar-refractivity contribution < 1.29 is 14.6 Å². The summed E-state index contributed by atoms with van der Waals surface area (Å²) in [6, 6.07) is 24.2. The van der Waals surface area contributed by atoms with Crippen LogP contribution in [0.25, 0.3) is 0 Å². The van der Waals surface area contributed by atoms with Crippen molar-refractivity contribution in [1.82, 2.24) is 0 Å². The van der Waals surface area contributed by atoms with E-state index in [1.165, 1.54) is 6.07 Å². The van der Waals surface area contributed by atoms with Crippen LogP contribution in [0, 0.1) is 0 Å². The van der Waals surface area contributed by atoms with E-state index in [4.69, 9.17) is 9.47 Å². The Hall–Kier alpha value is -3.20. The van der Waals surface area contributed by atoms with E-state index in [1.54, 1.807) is 18.2 Å². The summed E-state index contributed by atoms with van der Waals surface area (Å²) in [5, 5.41) is 12.1. The van der Waals surface area contributed by atoms with E-state index in [-0.39, 0.29) is 11.9 Å². The molecule has 0 bridgehead atoms. The second kappa shape index (κ2) is 8.26. The minimum absolute atomic E-state index is 0.0662. The van der Waals surface area contributed by atoms with Gasteiger partial charge in [0.15, 0.2) is 5.75 Å². The monoisotopic (exact) mass is 345 g/mol. The van der Waals surface area contributed by atoms with Gasteiger partial charge >= 0.3 is 0 Å².